The molecule has 3 atom stereocenters. The number of hydrogen-bond acceptors (Lipinski definition) is 6. The Kier molecular flexibility index (Phi) is 9.01. The van der Waals surface area contributed by atoms with E-state index in [2.05, 4.69) is 20.9 Å². The third-order valence-corrected chi connectivity index (χ3v) is 5.47. The number of aliphatic hydroxyl groups excluding tert-OH is 1. The number of carbonyl (C=O) groups excluding carboxylic acids is 2. The highest BCUT2D eigenvalue weighted by molar-refractivity contribution is 5.89. The second kappa shape index (κ2) is 11.9. The minimum Gasteiger partial charge on any atom is -0.394 e. The quantitative estimate of drug-likeness (QED) is 0.475. The molecule has 172 valence electrons. The van der Waals surface area contributed by atoms with E-state index in [9.17, 15) is 19.1 Å². The van der Waals surface area contributed by atoms with Gasteiger partial charge in [0.05, 0.1) is 38.5 Å². The number of urea groups is 1. The lowest BCUT2D eigenvalue weighted by Gasteiger charge is -2.36. The minimum atomic E-state index is -0.526. The summed E-state index contributed by atoms with van der Waals surface area (Å²) in [6, 6.07) is 4.70. The first kappa shape index (κ1) is 23.4. The minimum absolute atomic E-state index is 0.0200. The molecule has 0 radical (unpaired) electrons. The molecule has 3 amide bonds. The van der Waals surface area contributed by atoms with Crippen molar-refractivity contribution >= 4 is 17.6 Å². The highest BCUT2D eigenvalue weighted by Gasteiger charge is 2.31. The SMILES string of the molecule is O=C(CN1CCOCC1)NCC[C@@H]1CC[C@H](NC(=O)Nc2ccc(F)cc2)[C@@H](CO)O1. The van der Waals surface area contributed by atoms with Gasteiger partial charge in [-0.1, -0.05) is 0 Å². The summed E-state index contributed by atoms with van der Waals surface area (Å²) in [5, 5.41) is 18.0. The third-order valence-electron chi connectivity index (χ3n) is 5.47. The molecule has 0 bridgehead atoms. The van der Waals surface area contributed by atoms with Crippen LogP contribution in [0.15, 0.2) is 24.3 Å². The number of benzene rings is 1. The summed E-state index contributed by atoms with van der Waals surface area (Å²) < 4.78 is 24.2. The first-order valence-electron chi connectivity index (χ1n) is 10.7. The van der Waals surface area contributed by atoms with Crippen LogP contribution in [0.2, 0.25) is 0 Å². The second-order valence-corrected chi connectivity index (χ2v) is 7.80. The smallest absolute Gasteiger partial charge is 0.319 e. The zero-order valence-electron chi connectivity index (χ0n) is 17.5. The van der Waals surface area contributed by atoms with Crippen LogP contribution in [0.25, 0.3) is 0 Å². The first-order chi connectivity index (χ1) is 15.0. The lowest BCUT2D eigenvalue weighted by molar-refractivity contribution is -0.123. The molecule has 2 fully saturated rings. The molecule has 0 unspecified atom stereocenters. The number of hydrogen-bond donors (Lipinski definition) is 4. The summed E-state index contributed by atoms with van der Waals surface area (Å²) in [7, 11) is 0. The maximum Gasteiger partial charge on any atom is 0.319 e. The Morgan fingerprint density at radius 3 is 2.61 bits per heavy atom. The molecule has 2 saturated heterocycles. The summed E-state index contributed by atoms with van der Waals surface area (Å²) in [6.45, 7) is 3.48. The van der Waals surface area contributed by atoms with E-state index >= 15 is 0 Å². The molecule has 3 rings (SSSR count). The number of rotatable bonds is 8. The molecule has 1 aromatic carbocycles. The first-order valence-corrected chi connectivity index (χ1v) is 10.7. The lowest BCUT2D eigenvalue weighted by atomic mass is 9.97. The molecule has 2 aliphatic rings. The number of aliphatic hydroxyl groups is 1. The summed E-state index contributed by atoms with van der Waals surface area (Å²) in [5.74, 6) is -0.399. The molecule has 0 aliphatic carbocycles. The van der Waals surface area contributed by atoms with Crippen molar-refractivity contribution < 1.29 is 28.6 Å². The molecule has 0 aromatic heterocycles. The van der Waals surface area contributed by atoms with Gasteiger partial charge in [-0.3, -0.25) is 9.69 Å². The van der Waals surface area contributed by atoms with Crippen molar-refractivity contribution in [2.45, 2.75) is 37.5 Å². The van der Waals surface area contributed by atoms with Crippen LogP contribution in [-0.4, -0.2) is 86.2 Å². The summed E-state index contributed by atoms with van der Waals surface area (Å²) in [6.07, 6.45) is 1.37. The van der Waals surface area contributed by atoms with Crippen LogP contribution in [0.1, 0.15) is 19.3 Å². The van der Waals surface area contributed by atoms with E-state index in [4.69, 9.17) is 9.47 Å². The fraction of sp³-hybridized carbons (Fsp3) is 0.619. The van der Waals surface area contributed by atoms with Gasteiger partial charge in [0.2, 0.25) is 5.91 Å². The molecule has 9 nitrogen and oxygen atoms in total. The topological polar surface area (TPSA) is 112 Å². The summed E-state index contributed by atoms with van der Waals surface area (Å²) in [5.41, 5.74) is 0.474. The Labute approximate surface area is 181 Å². The van der Waals surface area contributed by atoms with E-state index in [1.807, 2.05) is 0 Å². The average molecular weight is 439 g/mol. The number of carbonyl (C=O) groups is 2. The monoisotopic (exact) mass is 438 g/mol. The Morgan fingerprint density at radius 2 is 1.90 bits per heavy atom. The maximum atomic E-state index is 13.0. The van der Waals surface area contributed by atoms with Crippen molar-refractivity contribution in [2.24, 2.45) is 0 Å². The van der Waals surface area contributed by atoms with Crippen LogP contribution in [0.5, 0.6) is 0 Å². The molecule has 4 N–H and O–H groups in total. The van der Waals surface area contributed by atoms with Crippen LogP contribution in [0.4, 0.5) is 14.9 Å². The van der Waals surface area contributed by atoms with Crippen molar-refractivity contribution in [2.75, 3.05) is 51.3 Å². The van der Waals surface area contributed by atoms with Crippen molar-refractivity contribution in [3.63, 3.8) is 0 Å². The van der Waals surface area contributed by atoms with E-state index in [0.717, 1.165) is 13.1 Å². The van der Waals surface area contributed by atoms with E-state index in [1.54, 1.807) is 0 Å². The standard InChI is InChI=1S/C21H31FN4O5/c22-15-1-3-16(4-2-15)24-21(29)25-18-6-5-17(31-19(18)14-27)7-8-23-20(28)13-26-9-11-30-12-10-26/h1-4,17-19,27H,5-14H2,(H,23,28)(H2,24,25,29)/t17-,18-,19+/m0/s1. The fourth-order valence-electron chi connectivity index (χ4n) is 3.77. The molecule has 1 aromatic rings. The van der Waals surface area contributed by atoms with Crippen molar-refractivity contribution in [3.05, 3.63) is 30.1 Å². The van der Waals surface area contributed by atoms with Gasteiger partial charge in [0.1, 0.15) is 11.9 Å². The van der Waals surface area contributed by atoms with Gasteiger partial charge in [0.15, 0.2) is 0 Å². The molecule has 2 aliphatic heterocycles. The molecule has 2 heterocycles. The van der Waals surface area contributed by atoms with Crippen molar-refractivity contribution in [1.29, 1.82) is 0 Å². The molecule has 0 saturated carbocycles. The predicted octanol–water partition coefficient (Wildman–Crippen LogP) is 0.694. The summed E-state index contributed by atoms with van der Waals surface area (Å²) >= 11 is 0. The lowest BCUT2D eigenvalue weighted by Crippen LogP contribution is -2.52. The van der Waals surface area contributed by atoms with Gasteiger partial charge in [-0.15, -0.1) is 0 Å². The third kappa shape index (κ3) is 7.73. The number of nitrogens with one attached hydrogen (secondary N) is 3. The number of halogens is 1. The maximum absolute atomic E-state index is 13.0. The van der Waals surface area contributed by atoms with Crippen LogP contribution in [0, 0.1) is 5.82 Å². The fourth-order valence-corrected chi connectivity index (χ4v) is 3.77. The van der Waals surface area contributed by atoms with E-state index < -0.39 is 12.1 Å². The second-order valence-electron chi connectivity index (χ2n) is 7.80. The van der Waals surface area contributed by atoms with Crippen LogP contribution in [0.3, 0.4) is 0 Å². The highest BCUT2D eigenvalue weighted by atomic mass is 19.1. The molecular formula is C21H31FN4O5. The number of nitrogens with zero attached hydrogens (tertiary/aromatic N) is 1. The number of amides is 3. The Morgan fingerprint density at radius 1 is 1.16 bits per heavy atom. The summed E-state index contributed by atoms with van der Waals surface area (Å²) in [4.78, 5) is 26.3. The molecule has 10 heteroatoms. The number of morpholine rings is 1. The Bertz CT molecular complexity index is 714. The van der Waals surface area contributed by atoms with Gasteiger partial charge < -0.3 is 30.5 Å². The van der Waals surface area contributed by atoms with Crippen molar-refractivity contribution in [1.82, 2.24) is 15.5 Å². The van der Waals surface area contributed by atoms with Gasteiger partial charge in [-0.25, -0.2) is 9.18 Å². The molecule has 0 spiro atoms. The van der Waals surface area contributed by atoms with E-state index in [1.165, 1.54) is 24.3 Å². The Hall–Kier alpha value is -2.27. The molecule has 31 heavy (non-hydrogen) atoms. The number of anilines is 1. The zero-order chi connectivity index (χ0) is 22.1. The van der Waals surface area contributed by atoms with Crippen LogP contribution in [-0.2, 0) is 14.3 Å². The zero-order valence-corrected chi connectivity index (χ0v) is 17.5. The average Bonchev–Trinajstić information content (AvgIpc) is 2.77. The largest absolute Gasteiger partial charge is 0.394 e. The predicted molar refractivity (Wildman–Crippen MR) is 112 cm³/mol. The van der Waals surface area contributed by atoms with Gasteiger partial charge in [0.25, 0.3) is 0 Å². The van der Waals surface area contributed by atoms with E-state index in [-0.39, 0.29) is 30.5 Å². The van der Waals surface area contributed by atoms with Crippen LogP contribution < -0.4 is 16.0 Å². The Balaban J connectivity index is 1.36. The van der Waals surface area contributed by atoms with Crippen molar-refractivity contribution in [3.8, 4) is 0 Å². The van der Waals surface area contributed by atoms with E-state index in [0.29, 0.717) is 51.3 Å². The number of ether oxygens (including phenoxy) is 2. The molecular weight excluding hydrogens is 407 g/mol. The van der Waals surface area contributed by atoms with Gasteiger partial charge in [-0.2, -0.15) is 0 Å². The van der Waals surface area contributed by atoms with Gasteiger partial charge in [-0.05, 0) is 43.5 Å². The van der Waals surface area contributed by atoms with Gasteiger partial charge >= 0.3 is 6.03 Å². The highest BCUT2D eigenvalue weighted by Crippen LogP contribution is 2.22. The van der Waals surface area contributed by atoms with Crippen LogP contribution >= 0.6 is 0 Å². The normalized spacial score (nSPS) is 24.4. The van der Waals surface area contributed by atoms with Gasteiger partial charge in [0, 0.05) is 25.3 Å².